The fourth-order valence-corrected chi connectivity index (χ4v) is 3.29. The summed E-state index contributed by atoms with van der Waals surface area (Å²) in [7, 11) is 0. The van der Waals surface area contributed by atoms with Crippen LogP contribution in [0.5, 0.6) is 5.75 Å². The van der Waals surface area contributed by atoms with Crippen molar-refractivity contribution in [2.24, 2.45) is 0 Å². The predicted octanol–water partition coefficient (Wildman–Crippen LogP) is 3.35. The highest BCUT2D eigenvalue weighted by molar-refractivity contribution is 8.26. The zero-order valence-electron chi connectivity index (χ0n) is 12.3. The van der Waals surface area contributed by atoms with Gasteiger partial charge in [-0.25, -0.2) is 0 Å². The smallest absolute Gasteiger partial charge is 0.387 e. The molecule has 1 saturated heterocycles. The van der Waals surface area contributed by atoms with Crippen LogP contribution in [0.25, 0.3) is 6.08 Å². The normalized spacial score (nSPS) is 16.3. The predicted molar refractivity (Wildman–Crippen MR) is 89.8 cm³/mol. The molecule has 1 aliphatic heterocycles. The van der Waals surface area contributed by atoms with Gasteiger partial charge in [0.2, 0.25) is 0 Å². The first-order valence-electron chi connectivity index (χ1n) is 6.89. The minimum absolute atomic E-state index is 0.0309. The van der Waals surface area contributed by atoms with E-state index in [1.165, 1.54) is 17.0 Å². The first kappa shape index (κ1) is 18.3. The average molecular weight is 373 g/mol. The molecule has 1 amide bonds. The molecule has 0 bridgehead atoms. The van der Waals surface area contributed by atoms with E-state index >= 15 is 0 Å². The van der Waals surface area contributed by atoms with Gasteiger partial charge in [0.1, 0.15) is 10.1 Å². The van der Waals surface area contributed by atoms with Crippen molar-refractivity contribution >= 4 is 46.3 Å². The van der Waals surface area contributed by atoms with E-state index in [0.717, 1.165) is 11.8 Å². The van der Waals surface area contributed by atoms with Crippen LogP contribution in [-0.4, -0.2) is 39.4 Å². The second kappa shape index (κ2) is 8.20. The van der Waals surface area contributed by atoms with E-state index in [4.69, 9.17) is 17.3 Å². The van der Waals surface area contributed by atoms with Gasteiger partial charge in [0.15, 0.2) is 0 Å². The van der Waals surface area contributed by atoms with Crippen LogP contribution in [0.2, 0.25) is 0 Å². The van der Waals surface area contributed by atoms with E-state index in [-0.39, 0.29) is 24.6 Å². The number of aliphatic carboxylic acids is 1. The number of thiocarbonyl (C=S) groups is 1. The standard InChI is InChI=1S/C15H13F2NO4S2/c16-14(17)22-10-5-3-9(4-6-10)8-11-13(21)18(15(23)24-11)7-1-2-12(19)20/h3-6,8,14H,1-2,7H2,(H,19,20)/b11-8-. The number of carbonyl (C=O) groups is 2. The number of benzene rings is 1. The Balaban J connectivity index is 2.03. The monoisotopic (exact) mass is 373 g/mol. The molecule has 0 unspecified atom stereocenters. The maximum absolute atomic E-state index is 12.3. The van der Waals surface area contributed by atoms with Crippen LogP contribution in [0.3, 0.4) is 0 Å². The van der Waals surface area contributed by atoms with Crippen molar-refractivity contribution in [3.63, 3.8) is 0 Å². The second-order valence-corrected chi connectivity index (χ2v) is 6.45. The maximum Gasteiger partial charge on any atom is 0.387 e. The second-order valence-electron chi connectivity index (χ2n) is 4.78. The van der Waals surface area contributed by atoms with Gasteiger partial charge >= 0.3 is 12.6 Å². The number of carboxylic acids is 1. The highest BCUT2D eigenvalue weighted by atomic mass is 32.2. The summed E-state index contributed by atoms with van der Waals surface area (Å²) < 4.78 is 28.8. The topological polar surface area (TPSA) is 66.8 Å². The Bertz CT molecular complexity index is 677. The summed E-state index contributed by atoms with van der Waals surface area (Å²) in [6, 6.07) is 5.86. The Morgan fingerprint density at radius 2 is 2.04 bits per heavy atom. The molecule has 1 aliphatic rings. The molecule has 5 nitrogen and oxygen atoms in total. The molecule has 1 aromatic rings. The summed E-state index contributed by atoms with van der Waals surface area (Å²) >= 11 is 6.26. The Labute approximate surface area is 146 Å². The van der Waals surface area contributed by atoms with E-state index in [9.17, 15) is 18.4 Å². The van der Waals surface area contributed by atoms with Crippen LogP contribution in [0.15, 0.2) is 29.2 Å². The fraction of sp³-hybridized carbons (Fsp3) is 0.267. The average Bonchev–Trinajstić information content (AvgIpc) is 2.76. The van der Waals surface area contributed by atoms with Crippen molar-refractivity contribution in [3.8, 4) is 5.75 Å². The van der Waals surface area contributed by atoms with Crippen molar-refractivity contribution in [1.29, 1.82) is 0 Å². The summed E-state index contributed by atoms with van der Waals surface area (Å²) in [4.78, 5) is 24.6. The number of hydrogen-bond donors (Lipinski definition) is 1. The highest BCUT2D eigenvalue weighted by Gasteiger charge is 2.31. The quantitative estimate of drug-likeness (QED) is 0.584. The number of nitrogens with zero attached hydrogens (tertiary/aromatic N) is 1. The Kier molecular flexibility index (Phi) is 6.27. The summed E-state index contributed by atoms with van der Waals surface area (Å²) in [5.74, 6) is -1.19. The Morgan fingerprint density at radius 3 is 2.62 bits per heavy atom. The molecule has 128 valence electrons. The number of ether oxygens (including phenoxy) is 1. The zero-order valence-corrected chi connectivity index (χ0v) is 13.9. The summed E-state index contributed by atoms with van der Waals surface area (Å²) in [6.45, 7) is -2.65. The van der Waals surface area contributed by atoms with Gasteiger partial charge in [0.05, 0.1) is 4.91 Å². The van der Waals surface area contributed by atoms with Gasteiger partial charge in [-0.05, 0) is 30.2 Å². The molecule has 1 heterocycles. The third-order valence-corrected chi connectivity index (χ3v) is 4.43. The number of amides is 1. The number of alkyl halides is 2. The van der Waals surface area contributed by atoms with Gasteiger partial charge in [-0.15, -0.1) is 0 Å². The molecule has 2 rings (SSSR count). The van der Waals surface area contributed by atoms with Gasteiger partial charge in [0, 0.05) is 13.0 Å². The molecule has 0 aromatic heterocycles. The summed E-state index contributed by atoms with van der Waals surface area (Å²) in [6.07, 6.45) is 1.87. The summed E-state index contributed by atoms with van der Waals surface area (Å²) in [5.41, 5.74) is 0.641. The number of carbonyl (C=O) groups excluding carboxylic acids is 1. The molecule has 0 saturated carbocycles. The van der Waals surface area contributed by atoms with Gasteiger partial charge in [-0.1, -0.05) is 36.1 Å². The van der Waals surface area contributed by atoms with Crippen LogP contribution in [0.1, 0.15) is 18.4 Å². The molecule has 0 radical (unpaired) electrons. The van der Waals surface area contributed by atoms with Crippen molar-refractivity contribution < 1.29 is 28.2 Å². The molecule has 9 heteroatoms. The van der Waals surface area contributed by atoms with E-state index in [1.54, 1.807) is 18.2 Å². The molecule has 24 heavy (non-hydrogen) atoms. The largest absolute Gasteiger partial charge is 0.481 e. The van der Waals surface area contributed by atoms with Crippen molar-refractivity contribution in [2.75, 3.05) is 6.54 Å². The molecule has 1 N–H and O–H groups in total. The van der Waals surface area contributed by atoms with E-state index in [0.29, 0.717) is 21.2 Å². The third-order valence-electron chi connectivity index (χ3n) is 3.05. The third kappa shape index (κ3) is 5.00. The van der Waals surface area contributed by atoms with Crippen LogP contribution < -0.4 is 4.74 Å². The SMILES string of the molecule is O=C(O)CCCN1C(=O)/C(=C/c2ccc(OC(F)F)cc2)SC1=S. The minimum atomic E-state index is -2.89. The molecule has 0 aliphatic carbocycles. The number of thioether (sulfide) groups is 1. The Hall–Kier alpha value is -2.00. The minimum Gasteiger partial charge on any atom is -0.481 e. The summed E-state index contributed by atoms with van der Waals surface area (Å²) in [5, 5.41) is 8.63. The van der Waals surface area contributed by atoms with Crippen molar-refractivity contribution in [3.05, 3.63) is 34.7 Å². The molecule has 0 atom stereocenters. The lowest BCUT2D eigenvalue weighted by Gasteiger charge is -2.13. The van der Waals surface area contributed by atoms with Gasteiger partial charge in [0.25, 0.3) is 5.91 Å². The van der Waals surface area contributed by atoms with Crippen LogP contribution >= 0.6 is 24.0 Å². The fourth-order valence-electron chi connectivity index (χ4n) is 1.98. The molecule has 0 spiro atoms. The van der Waals surface area contributed by atoms with Gasteiger partial charge in [-0.2, -0.15) is 8.78 Å². The number of halogens is 2. The van der Waals surface area contributed by atoms with Gasteiger partial charge in [-0.3, -0.25) is 14.5 Å². The van der Waals surface area contributed by atoms with Crippen molar-refractivity contribution in [1.82, 2.24) is 4.90 Å². The van der Waals surface area contributed by atoms with Crippen LogP contribution in [0.4, 0.5) is 8.78 Å². The van der Waals surface area contributed by atoms with E-state index in [1.807, 2.05) is 0 Å². The van der Waals surface area contributed by atoms with Crippen LogP contribution in [-0.2, 0) is 9.59 Å². The van der Waals surface area contributed by atoms with Crippen LogP contribution in [0, 0.1) is 0 Å². The van der Waals surface area contributed by atoms with Crippen molar-refractivity contribution in [2.45, 2.75) is 19.5 Å². The zero-order chi connectivity index (χ0) is 17.7. The molecular weight excluding hydrogens is 360 g/mol. The van der Waals surface area contributed by atoms with E-state index in [2.05, 4.69) is 4.74 Å². The lowest BCUT2D eigenvalue weighted by Crippen LogP contribution is -2.29. The molecular formula is C15H13F2NO4S2. The highest BCUT2D eigenvalue weighted by Crippen LogP contribution is 2.33. The lowest BCUT2D eigenvalue weighted by atomic mass is 10.2. The maximum atomic E-state index is 12.3. The molecule has 1 fully saturated rings. The first-order valence-corrected chi connectivity index (χ1v) is 8.11. The Morgan fingerprint density at radius 1 is 1.38 bits per heavy atom. The number of hydrogen-bond acceptors (Lipinski definition) is 5. The van der Waals surface area contributed by atoms with Gasteiger partial charge < -0.3 is 9.84 Å². The van der Waals surface area contributed by atoms with E-state index < -0.39 is 12.6 Å². The number of rotatable bonds is 7. The molecule has 1 aromatic carbocycles. The lowest BCUT2D eigenvalue weighted by molar-refractivity contribution is -0.137. The first-order chi connectivity index (χ1) is 11.4. The number of carboxylic acid groups (broad SMARTS) is 1.